The van der Waals surface area contributed by atoms with Crippen LogP contribution in [0, 0.1) is 0 Å². The summed E-state index contributed by atoms with van der Waals surface area (Å²) in [6, 6.07) is 5.81. The van der Waals surface area contributed by atoms with E-state index in [9.17, 15) is 0 Å². The lowest BCUT2D eigenvalue weighted by Crippen LogP contribution is -2.48. The van der Waals surface area contributed by atoms with Gasteiger partial charge in [0.05, 0.1) is 18.5 Å². The Kier molecular flexibility index (Phi) is 2.54. The summed E-state index contributed by atoms with van der Waals surface area (Å²) < 4.78 is 5.53. The molecular formula is C9H13N3O. The van der Waals surface area contributed by atoms with Crippen LogP contribution in [0.5, 0.6) is 0 Å². The average Bonchev–Trinajstić information content (AvgIpc) is 2.20. The maximum atomic E-state index is 5.62. The van der Waals surface area contributed by atoms with Gasteiger partial charge in [0.15, 0.2) is 0 Å². The lowest BCUT2D eigenvalue weighted by atomic mass is 10.2. The van der Waals surface area contributed by atoms with Crippen molar-refractivity contribution in [3.05, 3.63) is 30.1 Å². The fourth-order valence-electron chi connectivity index (χ4n) is 1.35. The quantitative estimate of drug-likeness (QED) is 0.638. The van der Waals surface area contributed by atoms with Crippen LogP contribution in [0.25, 0.3) is 0 Å². The second-order valence-corrected chi connectivity index (χ2v) is 3.09. The molecule has 0 radical (unpaired) electrons. The summed E-state index contributed by atoms with van der Waals surface area (Å²) in [7, 11) is 0. The normalized spacial score (nSPS) is 28.7. The zero-order chi connectivity index (χ0) is 9.10. The van der Waals surface area contributed by atoms with Crippen molar-refractivity contribution in [2.24, 2.45) is 5.73 Å². The number of pyridine rings is 1. The number of ether oxygens (including phenoxy) is 1. The Morgan fingerprint density at radius 3 is 3.08 bits per heavy atom. The van der Waals surface area contributed by atoms with E-state index >= 15 is 0 Å². The molecule has 0 amide bonds. The van der Waals surface area contributed by atoms with E-state index < -0.39 is 0 Å². The fourth-order valence-corrected chi connectivity index (χ4v) is 1.35. The van der Waals surface area contributed by atoms with Crippen LogP contribution in [0.3, 0.4) is 0 Å². The first kappa shape index (κ1) is 8.62. The minimum absolute atomic E-state index is 0.0417. The third kappa shape index (κ3) is 2.03. The monoisotopic (exact) mass is 179 g/mol. The van der Waals surface area contributed by atoms with E-state index in [1.54, 1.807) is 6.20 Å². The highest BCUT2D eigenvalue weighted by Gasteiger charge is 2.20. The first-order chi connectivity index (χ1) is 6.36. The average molecular weight is 179 g/mol. The molecule has 2 heterocycles. The van der Waals surface area contributed by atoms with Crippen LogP contribution >= 0.6 is 0 Å². The maximum Gasteiger partial charge on any atom is 0.112 e. The molecule has 0 saturated carbocycles. The first-order valence-corrected chi connectivity index (χ1v) is 4.38. The molecule has 1 aromatic heterocycles. The van der Waals surface area contributed by atoms with Gasteiger partial charge in [-0.2, -0.15) is 0 Å². The van der Waals surface area contributed by atoms with Gasteiger partial charge in [0, 0.05) is 12.7 Å². The highest BCUT2D eigenvalue weighted by Crippen LogP contribution is 2.15. The van der Waals surface area contributed by atoms with E-state index in [4.69, 9.17) is 10.5 Å². The first-order valence-electron chi connectivity index (χ1n) is 4.38. The molecule has 0 aromatic carbocycles. The van der Waals surface area contributed by atoms with E-state index in [1.165, 1.54) is 0 Å². The zero-order valence-electron chi connectivity index (χ0n) is 7.31. The van der Waals surface area contributed by atoms with E-state index in [1.807, 2.05) is 18.2 Å². The number of hydrogen-bond donors (Lipinski definition) is 2. The van der Waals surface area contributed by atoms with Crippen molar-refractivity contribution < 1.29 is 4.74 Å². The molecule has 1 fully saturated rings. The second-order valence-electron chi connectivity index (χ2n) is 3.09. The molecule has 0 bridgehead atoms. The van der Waals surface area contributed by atoms with Gasteiger partial charge in [0.2, 0.25) is 0 Å². The summed E-state index contributed by atoms with van der Waals surface area (Å²) >= 11 is 0. The van der Waals surface area contributed by atoms with Crippen LogP contribution in [0.15, 0.2) is 24.4 Å². The predicted octanol–water partition coefficient (Wildman–Crippen LogP) is 0.0273. The van der Waals surface area contributed by atoms with Crippen molar-refractivity contribution in [3.8, 4) is 0 Å². The second kappa shape index (κ2) is 3.83. The molecule has 70 valence electrons. The molecular weight excluding hydrogens is 166 g/mol. The van der Waals surface area contributed by atoms with Crippen molar-refractivity contribution >= 4 is 0 Å². The van der Waals surface area contributed by atoms with Gasteiger partial charge >= 0.3 is 0 Å². The van der Waals surface area contributed by atoms with Crippen LogP contribution in [0.4, 0.5) is 0 Å². The van der Waals surface area contributed by atoms with Crippen molar-refractivity contribution in [2.75, 3.05) is 13.2 Å². The molecule has 4 heteroatoms. The molecule has 1 aromatic rings. The molecule has 2 unspecified atom stereocenters. The van der Waals surface area contributed by atoms with Gasteiger partial charge in [0.1, 0.15) is 6.10 Å². The predicted molar refractivity (Wildman–Crippen MR) is 48.9 cm³/mol. The Labute approximate surface area is 77.1 Å². The highest BCUT2D eigenvalue weighted by molar-refractivity contribution is 5.08. The molecule has 1 aliphatic heterocycles. The van der Waals surface area contributed by atoms with Crippen LogP contribution in [-0.2, 0) is 4.74 Å². The third-order valence-corrected chi connectivity index (χ3v) is 2.06. The Morgan fingerprint density at radius 2 is 2.46 bits per heavy atom. The van der Waals surface area contributed by atoms with Gasteiger partial charge in [-0.25, -0.2) is 0 Å². The van der Waals surface area contributed by atoms with Gasteiger partial charge < -0.3 is 10.5 Å². The summed E-state index contributed by atoms with van der Waals surface area (Å²) in [4.78, 5) is 4.22. The molecule has 1 saturated heterocycles. The van der Waals surface area contributed by atoms with Crippen molar-refractivity contribution in [1.29, 1.82) is 0 Å². The molecule has 1 aliphatic rings. The van der Waals surface area contributed by atoms with E-state index in [0.29, 0.717) is 6.61 Å². The number of nitrogens with one attached hydrogen (secondary N) is 1. The Balaban J connectivity index is 2.03. The molecule has 0 aliphatic carbocycles. The summed E-state index contributed by atoms with van der Waals surface area (Å²) in [6.07, 6.45) is 1.77. The smallest absolute Gasteiger partial charge is 0.112 e. The van der Waals surface area contributed by atoms with Gasteiger partial charge in [0.25, 0.3) is 0 Å². The largest absolute Gasteiger partial charge is 0.368 e. The van der Waals surface area contributed by atoms with Crippen LogP contribution in [0.1, 0.15) is 11.8 Å². The minimum Gasteiger partial charge on any atom is -0.368 e. The van der Waals surface area contributed by atoms with Crippen LogP contribution in [0.2, 0.25) is 0 Å². The number of rotatable bonds is 1. The number of aromatic nitrogens is 1. The minimum atomic E-state index is -0.0417. The summed E-state index contributed by atoms with van der Waals surface area (Å²) in [5.41, 5.74) is 6.58. The summed E-state index contributed by atoms with van der Waals surface area (Å²) in [6.45, 7) is 1.28. The number of morpholine rings is 1. The van der Waals surface area contributed by atoms with E-state index in [2.05, 4.69) is 10.3 Å². The van der Waals surface area contributed by atoms with E-state index in [0.717, 1.165) is 12.2 Å². The van der Waals surface area contributed by atoms with Gasteiger partial charge in [-0.15, -0.1) is 0 Å². The molecule has 0 spiro atoms. The third-order valence-electron chi connectivity index (χ3n) is 2.06. The summed E-state index contributed by atoms with van der Waals surface area (Å²) in [5, 5.41) is 3.14. The Morgan fingerprint density at radius 1 is 1.54 bits per heavy atom. The SMILES string of the molecule is NC1COC(c2ccccn2)CN1. The van der Waals surface area contributed by atoms with Crippen molar-refractivity contribution in [3.63, 3.8) is 0 Å². The van der Waals surface area contributed by atoms with Gasteiger partial charge in [-0.3, -0.25) is 10.3 Å². The fraction of sp³-hybridized carbons (Fsp3) is 0.444. The van der Waals surface area contributed by atoms with Crippen LogP contribution in [-0.4, -0.2) is 24.3 Å². The number of nitrogens with zero attached hydrogens (tertiary/aromatic N) is 1. The maximum absolute atomic E-state index is 5.62. The summed E-state index contributed by atoms with van der Waals surface area (Å²) in [5.74, 6) is 0. The van der Waals surface area contributed by atoms with Gasteiger partial charge in [-0.05, 0) is 12.1 Å². The number of nitrogens with two attached hydrogens (primary N) is 1. The highest BCUT2D eigenvalue weighted by atomic mass is 16.5. The Hall–Kier alpha value is -0.970. The lowest BCUT2D eigenvalue weighted by Gasteiger charge is -2.27. The Bertz CT molecular complexity index is 257. The molecule has 3 N–H and O–H groups in total. The molecule has 2 atom stereocenters. The standard InChI is InChI=1S/C9H13N3O/c10-9-6-13-8(5-12-9)7-3-1-2-4-11-7/h1-4,8-9,12H,5-6,10H2. The van der Waals surface area contributed by atoms with Gasteiger partial charge in [-0.1, -0.05) is 6.07 Å². The molecule has 13 heavy (non-hydrogen) atoms. The molecule has 2 rings (SSSR count). The topological polar surface area (TPSA) is 60.2 Å². The van der Waals surface area contributed by atoms with Crippen molar-refractivity contribution in [1.82, 2.24) is 10.3 Å². The zero-order valence-corrected chi connectivity index (χ0v) is 7.31. The lowest BCUT2D eigenvalue weighted by molar-refractivity contribution is 0.00195. The molecule has 4 nitrogen and oxygen atoms in total. The number of hydrogen-bond acceptors (Lipinski definition) is 4. The van der Waals surface area contributed by atoms with Crippen molar-refractivity contribution in [2.45, 2.75) is 12.3 Å². The van der Waals surface area contributed by atoms with Crippen LogP contribution < -0.4 is 11.1 Å². The van der Waals surface area contributed by atoms with E-state index in [-0.39, 0.29) is 12.3 Å².